The van der Waals surface area contributed by atoms with E-state index in [2.05, 4.69) is 48.1 Å². The van der Waals surface area contributed by atoms with Gasteiger partial charge in [-0.05, 0) is 74.5 Å². The van der Waals surface area contributed by atoms with E-state index < -0.39 is 35.3 Å². The highest BCUT2D eigenvalue weighted by Gasteiger charge is 2.51. The van der Waals surface area contributed by atoms with Crippen molar-refractivity contribution in [3.63, 3.8) is 0 Å². The predicted molar refractivity (Wildman–Crippen MR) is 199 cm³/mol. The Morgan fingerprint density at radius 3 is 2.43 bits per heavy atom. The van der Waals surface area contributed by atoms with Crippen LogP contribution in [-0.4, -0.2) is 79.0 Å². The summed E-state index contributed by atoms with van der Waals surface area (Å²) in [6, 6.07) is 19.5. The minimum atomic E-state index is -4.68. The van der Waals surface area contributed by atoms with Gasteiger partial charge in [0.25, 0.3) is 11.8 Å². The second-order valence-corrected chi connectivity index (χ2v) is 15.1. The van der Waals surface area contributed by atoms with Crippen LogP contribution in [-0.2, 0) is 25.8 Å². The molecule has 5 aromatic rings. The van der Waals surface area contributed by atoms with E-state index in [1.54, 1.807) is 19.2 Å². The summed E-state index contributed by atoms with van der Waals surface area (Å²) in [4.78, 5) is 57.0. The number of hydrogen-bond acceptors (Lipinski definition) is 7. The third-order valence-electron chi connectivity index (χ3n) is 11.0. The van der Waals surface area contributed by atoms with Gasteiger partial charge in [0.2, 0.25) is 0 Å². The second-order valence-electron chi connectivity index (χ2n) is 14.2. The summed E-state index contributed by atoms with van der Waals surface area (Å²) < 4.78 is 44.0. The molecule has 278 valence electrons. The van der Waals surface area contributed by atoms with Crippen molar-refractivity contribution in [2.75, 3.05) is 31.6 Å². The quantitative estimate of drug-likeness (QED) is 0.224. The largest absolute Gasteiger partial charge is 0.417 e. The lowest BCUT2D eigenvalue weighted by Gasteiger charge is -2.62. The van der Waals surface area contributed by atoms with E-state index in [1.807, 2.05) is 48.5 Å². The molecule has 0 radical (unpaired) electrons. The van der Waals surface area contributed by atoms with Gasteiger partial charge in [-0.3, -0.25) is 23.6 Å². The van der Waals surface area contributed by atoms with Gasteiger partial charge in [0.15, 0.2) is 0 Å². The van der Waals surface area contributed by atoms with E-state index in [0.29, 0.717) is 11.4 Å². The lowest BCUT2D eigenvalue weighted by molar-refractivity contribution is -0.138. The minimum Gasteiger partial charge on any atom is -0.368 e. The number of fused-ring (bicyclic) bond motifs is 1. The van der Waals surface area contributed by atoms with Crippen molar-refractivity contribution in [3.8, 4) is 16.9 Å². The van der Waals surface area contributed by atoms with E-state index in [9.17, 15) is 27.6 Å². The Kier molecular flexibility index (Phi) is 8.96. The van der Waals surface area contributed by atoms with Gasteiger partial charge in [-0.15, -0.1) is 0 Å². The Balaban J connectivity index is 1.14. The van der Waals surface area contributed by atoms with Gasteiger partial charge < -0.3 is 15.1 Å². The summed E-state index contributed by atoms with van der Waals surface area (Å²) in [6.07, 6.45) is -0.444. The fourth-order valence-corrected chi connectivity index (χ4v) is 8.22. The lowest BCUT2D eigenvalue weighted by atomic mass is 9.78. The molecule has 0 bridgehead atoms. The average Bonchev–Trinajstić information content (AvgIpc) is 3.43. The SMILES string of the molecule is C[C@@H]1Cn2c(c(C(=O)NCc3ccccc3-c3ccncn3)n(-c3ccc(N4CC5(CCN5C)C4)cc3)c2=O)CN1C(=O)c1ccc(Br)c(C(F)(F)F)c1. The number of alkyl halides is 3. The van der Waals surface area contributed by atoms with E-state index >= 15 is 0 Å². The number of likely N-dealkylation sites (tertiary alicyclic amines) is 1. The number of carbonyl (C=O) groups excluding carboxylic acids is 2. The fraction of sp³-hybridized carbons (Fsp3) is 0.308. The van der Waals surface area contributed by atoms with E-state index in [4.69, 9.17) is 0 Å². The zero-order chi connectivity index (χ0) is 37.9. The van der Waals surface area contributed by atoms with Crippen LogP contribution in [0.15, 0.2) is 94.6 Å². The predicted octanol–water partition coefficient (Wildman–Crippen LogP) is 5.75. The number of anilines is 1. The number of halogens is 4. The monoisotopic (exact) mass is 800 g/mol. The molecule has 3 aliphatic heterocycles. The number of carbonyl (C=O) groups is 2. The third-order valence-corrected chi connectivity index (χ3v) is 11.7. The highest BCUT2D eigenvalue weighted by Crippen LogP contribution is 2.40. The van der Waals surface area contributed by atoms with Crippen molar-refractivity contribution in [1.29, 1.82) is 0 Å². The molecule has 3 aliphatic rings. The first kappa shape index (κ1) is 35.7. The summed E-state index contributed by atoms with van der Waals surface area (Å²) in [5.41, 5.74) is 2.70. The molecule has 0 saturated carbocycles. The van der Waals surface area contributed by atoms with Crippen LogP contribution in [0.25, 0.3) is 16.9 Å². The lowest BCUT2D eigenvalue weighted by Crippen LogP contribution is -2.75. The van der Waals surface area contributed by atoms with Crippen LogP contribution in [0, 0.1) is 0 Å². The van der Waals surface area contributed by atoms with Crippen LogP contribution in [0.5, 0.6) is 0 Å². The average molecular weight is 802 g/mol. The number of hydrogen-bond donors (Lipinski definition) is 1. The number of nitrogens with zero attached hydrogens (tertiary/aromatic N) is 7. The maximum Gasteiger partial charge on any atom is 0.417 e. The van der Waals surface area contributed by atoms with Crippen LogP contribution < -0.4 is 15.9 Å². The molecule has 1 spiro atoms. The smallest absolute Gasteiger partial charge is 0.368 e. The first-order valence-electron chi connectivity index (χ1n) is 17.6. The number of imidazole rings is 1. The van der Waals surface area contributed by atoms with Gasteiger partial charge in [0, 0.05) is 66.2 Å². The minimum absolute atomic E-state index is 0.0356. The van der Waals surface area contributed by atoms with Gasteiger partial charge >= 0.3 is 11.9 Å². The third kappa shape index (κ3) is 6.18. The van der Waals surface area contributed by atoms with Crippen LogP contribution in [0.2, 0.25) is 0 Å². The number of rotatable bonds is 7. The molecule has 2 amide bonds. The molecule has 1 N–H and O–H groups in total. The Hall–Kier alpha value is -5.28. The summed E-state index contributed by atoms with van der Waals surface area (Å²) >= 11 is 2.94. The standard InChI is InChI=1S/C39H36BrF3N8O3/c1-24-19-50-33(20-49(24)36(53)25-7-12-31(40)30(17-25)39(41,42)43)34(35(52)45-18-26-5-3-4-6-29(26)32-13-15-44-23-46-32)51(37(50)54)28-10-8-27(9-11-28)48-21-38(22-48)14-16-47(38)2/h3-13,15,17,23-24H,14,16,18-22H2,1-2H3,(H,45,52)/t24-/m1/s1. The number of benzene rings is 3. The van der Waals surface area contributed by atoms with E-state index in [0.717, 1.165) is 48.9 Å². The van der Waals surface area contributed by atoms with Crippen molar-refractivity contribution < 1.29 is 22.8 Å². The van der Waals surface area contributed by atoms with E-state index in [-0.39, 0.29) is 46.6 Å². The Morgan fingerprint density at radius 1 is 1.02 bits per heavy atom. The second kappa shape index (κ2) is 13.5. The molecular weight excluding hydrogens is 765 g/mol. The highest BCUT2D eigenvalue weighted by molar-refractivity contribution is 9.10. The molecule has 11 nitrogen and oxygen atoms in total. The molecule has 0 unspecified atom stereocenters. The Bertz CT molecular complexity index is 2320. The maximum absolute atomic E-state index is 14.4. The van der Waals surface area contributed by atoms with Gasteiger partial charge in [-0.25, -0.2) is 14.8 Å². The van der Waals surface area contributed by atoms with Gasteiger partial charge in [-0.2, -0.15) is 13.2 Å². The van der Waals surface area contributed by atoms with Gasteiger partial charge in [0.1, 0.15) is 12.0 Å². The molecular formula is C39H36BrF3N8O3. The number of aromatic nitrogens is 4. The molecule has 0 aliphatic carbocycles. The topological polar surface area (TPSA) is 109 Å². The van der Waals surface area contributed by atoms with Crippen LogP contribution in [0.4, 0.5) is 18.9 Å². The molecule has 8 rings (SSSR count). The fourth-order valence-electron chi connectivity index (χ4n) is 7.75. The van der Waals surface area contributed by atoms with Crippen molar-refractivity contribution in [3.05, 3.63) is 128 Å². The molecule has 2 saturated heterocycles. The zero-order valence-electron chi connectivity index (χ0n) is 29.5. The summed E-state index contributed by atoms with van der Waals surface area (Å²) in [6.45, 7) is 4.60. The molecule has 54 heavy (non-hydrogen) atoms. The van der Waals surface area contributed by atoms with E-state index in [1.165, 1.54) is 32.5 Å². The first-order chi connectivity index (χ1) is 25.8. The summed E-state index contributed by atoms with van der Waals surface area (Å²) in [5, 5.41) is 2.99. The van der Waals surface area contributed by atoms with Crippen molar-refractivity contribution >= 4 is 33.4 Å². The number of likely N-dealkylation sites (N-methyl/N-ethyl adjacent to an activating group) is 1. The molecule has 15 heteroatoms. The Morgan fingerprint density at radius 2 is 1.76 bits per heavy atom. The van der Waals surface area contributed by atoms with Gasteiger partial charge in [-0.1, -0.05) is 40.2 Å². The number of amides is 2. The highest BCUT2D eigenvalue weighted by atomic mass is 79.9. The van der Waals surface area contributed by atoms with Crippen molar-refractivity contribution in [1.82, 2.24) is 34.2 Å². The van der Waals surface area contributed by atoms with Crippen molar-refractivity contribution in [2.45, 2.75) is 50.7 Å². The van der Waals surface area contributed by atoms with Crippen LogP contribution >= 0.6 is 15.9 Å². The van der Waals surface area contributed by atoms with Crippen LogP contribution in [0.1, 0.15) is 51.0 Å². The van der Waals surface area contributed by atoms with Crippen molar-refractivity contribution in [2.24, 2.45) is 0 Å². The number of nitrogens with one attached hydrogen (secondary N) is 1. The van der Waals surface area contributed by atoms with Gasteiger partial charge in [0.05, 0.1) is 34.7 Å². The molecule has 3 aromatic carbocycles. The molecule has 2 aromatic heterocycles. The molecule has 2 fully saturated rings. The summed E-state index contributed by atoms with van der Waals surface area (Å²) in [5.74, 6) is -1.20. The first-order valence-corrected chi connectivity index (χ1v) is 18.4. The Labute approximate surface area is 317 Å². The molecule has 1 atom stereocenters. The maximum atomic E-state index is 14.4. The van der Waals surface area contributed by atoms with Crippen LogP contribution in [0.3, 0.4) is 0 Å². The normalized spacial score (nSPS) is 17.9. The summed E-state index contributed by atoms with van der Waals surface area (Å²) in [7, 11) is 2.14. The molecule has 5 heterocycles. The zero-order valence-corrected chi connectivity index (χ0v) is 31.1.